The van der Waals surface area contributed by atoms with Crippen molar-refractivity contribution in [3.05, 3.63) is 48.2 Å². The number of hydrogen-bond donors (Lipinski definition) is 0. The lowest BCUT2D eigenvalue weighted by atomic mass is 10.1. The van der Waals surface area contributed by atoms with Crippen LogP contribution in [0.3, 0.4) is 0 Å². The molecule has 4 nitrogen and oxygen atoms in total. The number of aromatic nitrogens is 3. The van der Waals surface area contributed by atoms with E-state index in [2.05, 4.69) is 14.7 Å². The summed E-state index contributed by atoms with van der Waals surface area (Å²) in [5.41, 5.74) is 0.832. The van der Waals surface area contributed by atoms with Crippen LogP contribution in [0.15, 0.2) is 36.7 Å². The first-order valence-electron chi connectivity index (χ1n) is 6.83. The molecule has 25 heavy (non-hydrogen) atoms. The molecule has 1 aromatic carbocycles. The Bertz CT molecular complexity index is 912. The SMILES string of the molecule is Cc1nc(C(F)(F)F)n2cc(-c3ccc(OC(F)(F)F)cc3)cnc12. The summed E-state index contributed by atoms with van der Waals surface area (Å²) >= 11 is 0. The van der Waals surface area contributed by atoms with Crippen molar-refractivity contribution in [2.75, 3.05) is 0 Å². The van der Waals surface area contributed by atoms with E-state index in [1.54, 1.807) is 0 Å². The Morgan fingerprint density at radius 3 is 2.16 bits per heavy atom. The maximum atomic E-state index is 13.0. The molecule has 0 saturated carbocycles. The van der Waals surface area contributed by atoms with Gasteiger partial charge in [-0.1, -0.05) is 12.1 Å². The second-order valence-electron chi connectivity index (χ2n) is 5.13. The molecular weight excluding hydrogens is 352 g/mol. The second kappa shape index (κ2) is 5.64. The molecule has 2 aromatic heterocycles. The highest BCUT2D eigenvalue weighted by atomic mass is 19.4. The molecule has 0 spiro atoms. The fraction of sp³-hybridized carbons (Fsp3) is 0.200. The lowest BCUT2D eigenvalue weighted by Crippen LogP contribution is -2.16. The van der Waals surface area contributed by atoms with Gasteiger partial charge in [0.1, 0.15) is 5.75 Å². The van der Waals surface area contributed by atoms with Gasteiger partial charge in [0.2, 0.25) is 5.82 Å². The number of benzene rings is 1. The van der Waals surface area contributed by atoms with Crippen molar-refractivity contribution < 1.29 is 31.1 Å². The highest BCUT2D eigenvalue weighted by Crippen LogP contribution is 2.31. The summed E-state index contributed by atoms with van der Waals surface area (Å²) in [6, 6.07) is 4.72. The van der Waals surface area contributed by atoms with E-state index >= 15 is 0 Å². The Morgan fingerprint density at radius 2 is 1.60 bits per heavy atom. The third-order valence-corrected chi connectivity index (χ3v) is 3.32. The van der Waals surface area contributed by atoms with Crippen molar-refractivity contribution in [3.63, 3.8) is 0 Å². The van der Waals surface area contributed by atoms with Crippen LogP contribution in [0.25, 0.3) is 16.8 Å². The summed E-state index contributed by atoms with van der Waals surface area (Å²) in [6.45, 7) is 1.40. The average molecular weight is 361 g/mol. The van der Waals surface area contributed by atoms with Crippen LogP contribution in [-0.4, -0.2) is 20.7 Å². The van der Waals surface area contributed by atoms with Gasteiger partial charge in [0.05, 0.1) is 5.69 Å². The standard InChI is InChI=1S/C15H9F6N3O/c1-8-12-22-6-10(7-24(12)13(23-8)14(16,17)18)9-2-4-11(5-3-9)25-15(19,20)21/h2-7H,1H3. The summed E-state index contributed by atoms with van der Waals surface area (Å²) in [5.74, 6) is -1.55. The van der Waals surface area contributed by atoms with Gasteiger partial charge in [0.25, 0.3) is 0 Å². The second-order valence-corrected chi connectivity index (χ2v) is 5.13. The molecule has 10 heteroatoms. The number of rotatable bonds is 2. The zero-order valence-electron chi connectivity index (χ0n) is 12.5. The predicted octanol–water partition coefficient (Wildman–Crippen LogP) is 4.62. The Kier molecular flexibility index (Phi) is 3.85. The van der Waals surface area contributed by atoms with Crippen molar-refractivity contribution in [2.45, 2.75) is 19.5 Å². The molecule has 0 aliphatic heterocycles. The minimum Gasteiger partial charge on any atom is -0.406 e. The molecule has 3 rings (SSSR count). The number of imidazole rings is 1. The monoisotopic (exact) mass is 361 g/mol. The molecule has 0 N–H and O–H groups in total. The predicted molar refractivity (Wildman–Crippen MR) is 74.8 cm³/mol. The van der Waals surface area contributed by atoms with Crippen LogP contribution < -0.4 is 4.74 Å². The third-order valence-electron chi connectivity index (χ3n) is 3.32. The molecule has 0 unspecified atom stereocenters. The summed E-state index contributed by atoms with van der Waals surface area (Å²) in [7, 11) is 0. The lowest BCUT2D eigenvalue weighted by molar-refractivity contribution is -0.274. The molecule has 0 radical (unpaired) electrons. The summed E-state index contributed by atoms with van der Waals surface area (Å²) < 4.78 is 80.1. The summed E-state index contributed by atoms with van der Waals surface area (Å²) in [6.07, 6.45) is -6.98. The quantitative estimate of drug-likeness (QED) is 0.625. The van der Waals surface area contributed by atoms with Gasteiger partial charge in [-0.25, -0.2) is 9.97 Å². The van der Waals surface area contributed by atoms with E-state index in [-0.39, 0.29) is 16.9 Å². The van der Waals surface area contributed by atoms with Crippen LogP contribution in [0.5, 0.6) is 5.75 Å². The van der Waals surface area contributed by atoms with Crippen LogP contribution in [0, 0.1) is 6.92 Å². The molecule has 0 atom stereocenters. The topological polar surface area (TPSA) is 39.4 Å². The molecule has 0 aliphatic rings. The fourth-order valence-corrected chi connectivity index (χ4v) is 2.32. The van der Waals surface area contributed by atoms with E-state index in [4.69, 9.17) is 0 Å². The first-order valence-corrected chi connectivity index (χ1v) is 6.83. The van der Waals surface area contributed by atoms with Crippen molar-refractivity contribution in [1.82, 2.24) is 14.4 Å². The molecule has 0 fully saturated rings. The van der Waals surface area contributed by atoms with Crippen LogP contribution in [0.2, 0.25) is 0 Å². The van der Waals surface area contributed by atoms with E-state index in [0.717, 1.165) is 16.5 Å². The molecule has 0 bridgehead atoms. The van der Waals surface area contributed by atoms with Gasteiger partial charge in [-0.2, -0.15) is 13.2 Å². The van der Waals surface area contributed by atoms with Gasteiger partial charge in [-0.15, -0.1) is 13.2 Å². The van der Waals surface area contributed by atoms with E-state index in [1.807, 2.05) is 0 Å². The summed E-state index contributed by atoms with van der Waals surface area (Å²) in [5, 5.41) is 0. The highest BCUT2D eigenvalue weighted by molar-refractivity contribution is 5.64. The minimum atomic E-state index is -4.82. The van der Waals surface area contributed by atoms with Crippen LogP contribution in [0.4, 0.5) is 26.3 Å². The highest BCUT2D eigenvalue weighted by Gasteiger charge is 2.37. The number of ether oxygens (including phenoxy) is 1. The molecule has 3 aromatic rings. The molecular formula is C15H9F6N3O. The maximum Gasteiger partial charge on any atom is 0.573 e. The van der Waals surface area contributed by atoms with Gasteiger partial charge >= 0.3 is 12.5 Å². The zero-order valence-corrected chi connectivity index (χ0v) is 12.5. The van der Waals surface area contributed by atoms with E-state index in [1.165, 1.54) is 31.5 Å². The number of halogens is 6. The molecule has 0 aliphatic carbocycles. The Labute approximate surface area is 136 Å². The number of fused-ring (bicyclic) bond motifs is 1. The van der Waals surface area contributed by atoms with Gasteiger partial charge in [-0.05, 0) is 24.6 Å². The van der Waals surface area contributed by atoms with E-state index in [0.29, 0.717) is 5.56 Å². The Morgan fingerprint density at radius 1 is 0.960 bits per heavy atom. The third kappa shape index (κ3) is 3.52. The normalized spacial score (nSPS) is 12.6. The number of alkyl halides is 6. The lowest BCUT2D eigenvalue weighted by Gasteiger charge is -2.10. The first-order chi connectivity index (χ1) is 11.5. The smallest absolute Gasteiger partial charge is 0.406 e. The summed E-state index contributed by atoms with van der Waals surface area (Å²) in [4.78, 5) is 7.44. The van der Waals surface area contributed by atoms with E-state index in [9.17, 15) is 26.3 Å². The number of hydrogen-bond acceptors (Lipinski definition) is 3. The Hall–Kier alpha value is -2.78. The molecule has 2 heterocycles. The van der Waals surface area contributed by atoms with Gasteiger partial charge < -0.3 is 4.74 Å². The first kappa shape index (κ1) is 17.1. The van der Waals surface area contributed by atoms with Gasteiger partial charge in [0.15, 0.2) is 5.65 Å². The Balaban J connectivity index is 2.02. The molecule has 132 valence electrons. The minimum absolute atomic E-state index is 0.0492. The number of nitrogens with zero attached hydrogens (tertiary/aromatic N) is 3. The maximum absolute atomic E-state index is 13.0. The average Bonchev–Trinajstić information content (AvgIpc) is 2.83. The molecule has 0 saturated heterocycles. The largest absolute Gasteiger partial charge is 0.573 e. The van der Waals surface area contributed by atoms with Gasteiger partial charge in [-0.3, -0.25) is 4.40 Å². The van der Waals surface area contributed by atoms with E-state index < -0.39 is 24.1 Å². The van der Waals surface area contributed by atoms with Crippen molar-refractivity contribution in [3.8, 4) is 16.9 Å². The zero-order chi connectivity index (χ0) is 18.4. The van der Waals surface area contributed by atoms with Crippen LogP contribution >= 0.6 is 0 Å². The van der Waals surface area contributed by atoms with Crippen molar-refractivity contribution in [2.24, 2.45) is 0 Å². The van der Waals surface area contributed by atoms with Gasteiger partial charge in [0, 0.05) is 18.0 Å². The van der Waals surface area contributed by atoms with Crippen LogP contribution in [0.1, 0.15) is 11.5 Å². The van der Waals surface area contributed by atoms with Crippen molar-refractivity contribution >= 4 is 5.65 Å². The van der Waals surface area contributed by atoms with Crippen LogP contribution in [-0.2, 0) is 6.18 Å². The number of aryl methyl sites for hydroxylation is 1. The fourth-order valence-electron chi connectivity index (χ4n) is 2.32. The van der Waals surface area contributed by atoms with Crippen molar-refractivity contribution in [1.29, 1.82) is 0 Å². The molecule has 0 amide bonds.